The van der Waals surface area contributed by atoms with Crippen LogP contribution < -0.4 is 0 Å². The quantitative estimate of drug-likeness (QED) is 0.665. The number of hydrogen-bond donors (Lipinski definition) is 0. The normalized spacial score (nSPS) is 10.5. The van der Waals surface area contributed by atoms with E-state index in [1.807, 2.05) is 0 Å². The molecule has 13 heavy (non-hydrogen) atoms. The van der Waals surface area contributed by atoms with Crippen LogP contribution in [0.2, 0.25) is 0 Å². The fourth-order valence-corrected chi connectivity index (χ4v) is 2.39. The zero-order valence-electron chi connectivity index (χ0n) is 7.41. The first-order chi connectivity index (χ1) is 6.29. The second-order valence-corrected chi connectivity index (χ2v) is 4.29. The molecule has 1 nitrogen and oxygen atoms in total. The van der Waals surface area contributed by atoms with E-state index in [9.17, 15) is 4.79 Å². The molecule has 1 heterocycles. The lowest BCUT2D eigenvalue weighted by Gasteiger charge is -1.89. The number of aldehydes is 1. The zero-order valence-corrected chi connectivity index (χ0v) is 8.23. The summed E-state index contributed by atoms with van der Waals surface area (Å²) in [5.74, 6) is 0. The van der Waals surface area contributed by atoms with Gasteiger partial charge < -0.3 is 4.79 Å². The number of carbonyl (C=O) groups excluding carboxylic acids is 1. The van der Waals surface area contributed by atoms with Gasteiger partial charge in [0.2, 0.25) is 0 Å². The van der Waals surface area contributed by atoms with E-state index in [0.717, 1.165) is 11.2 Å². The SMILES string of the molecule is Cc1ccc2sc(CC=O)cc2c1. The highest BCUT2D eigenvalue weighted by Gasteiger charge is 2.00. The monoisotopic (exact) mass is 190 g/mol. The van der Waals surface area contributed by atoms with Crippen LogP contribution in [0.25, 0.3) is 10.1 Å². The Kier molecular flexibility index (Phi) is 2.15. The predicted octanol–water partition coefficient (Wildman–Crippen LogP) is 2.95. The van der Waals surface area contributed by atoms with Crippen LogP contribution in [-0.4, -0.2) is 6.29 Å². The molecule has 0 fully saturated rings. The molecule has 0 N–H and O–H groups in total. The topological polar surface area (TPSA) is 17.1 Å². The summed E-state index contributed by atoms with van der Waals surface area (Å²) in [5, 5.41) is 1.25. The molecule has 0 amide bonds. The lowest BCUT2D eigenvalue weighted by atomic mass is 10.2. The molecule has 0 spiro atoms. The first-order valence-electron chi connectivity index (χ1n) is 4.22. The van der Waals surface area contributed by atoms with Gasteiger partial charge in [-0.3, -0.25) is 0 Å². The standard InChI is InChI=1S/C11H10OS/c1-8-2-3-11-9(6-8)7-10(13-11)4-5-12/h2-3,5-7H,4H2,1H3. The maximum absolute atomic E-state index is 10.3. The molecule has 2 aromatic rings. The van der Waals surface area contributed by atoms with Crippen molar-refractivity contribution in [1.29, 1.82) is 0 Å². The molecule has 0 aliphatic carbocycles. The van der Waals surface area contributed by atoms with Gasteiger partial charge in [-0.2, -0.15) is 0 Å². The van der Waals surface area contributed by atoms with Crippen molar-refractivity contribution in [2.24, 2.45) is 0 Å². The van der Waals surface area contributed by atoms with Crippen LogP contribution in [0.5, 0.6) is 0 Å². The Morgan fingerprint density at radius 3 is 3.00 bits per heavy atom. The maximum atomic E-state index is 10.3. The molecule has 66 valence electrons. The molecule has 0 aliphatic rings. The van der Waals surface area contributed by atoms with Crippen molar-refractivity contribution in [2.45, 2.75) is 13.3 Å². The first kappa shape index (κ1) is 8.45. The van der Waals surface area contributed by atoms with Crippen molar-refractivity contribution in [3.8, 4) is 0 Å². The van der Waals surface area contributed by atoms with Gasteiger partial charge in [0, 0.05) is 16.0 Å². The highest BCUT2D eigenvalue weighted by Crippen LogP contribution is 2.26. The van der Waals surface area contributed by atoms with Crippen molar-refractivity contribution in [1.82, 2.24) is 0 Å². The molecule has 1 aromatic heterocycles. The van der Waals surface area contributed by atoms with Crippen molar-refractivity contribution in [2.75, 3.05) is 0 Å². The van der Waals surface area contributed by atoms with E-state index < -0.39 is 0 Å². The smallest absolute Gasteiger partial charge is 0.125 e. The molecule has 0 radical (unpaired) electrons. The zero-order chi connectivity index (χ0) is 9.26. The Hall–Kier alpha value is -1.15. The molecule has 2 rings (SSSR count). The average molecular weight is 190 g/mol. The van der Waals surface area contributed by atoms with E-state index in [2.05, 4.69) is 31.2 Å². The van der Waals surface area contributed by atoms with Gasteiger partial charge in [-0.1, -0.05) is 17.7 Å². The fourth-order valence-electron chi connectivity index (χ4n) is 1.40. The van der Waals surface area contributed by atoms with Crippen molar-refractivity contribution >= 4 is 27.7 Å². The van der Waals surface area contributed by atoms with Crippen molar-refractivity contribution < 1.29 is 4.79 Å². The van der Waals surface area contributed by atoms with Crippen molar-refractivity contribution in [3.05, 3.63) is 34.7 Å². The lowest BCUT2D eigenvalue weighted by molar-refractivity contribution is -0.107. The summed E-state index contributed by atoms with van der Waals surface area (Å²) in [7, 11) is 0. The van der Waals surface area contributed by atoms with Crippen LogP contribution in [0.4, 0.5) is 0 Å². The largest absolute Gasteiger partial charge is 0.303 e. The summed E-state index contributed by atoms with van der Waals surface area (Å²) >= 11 is 1.70. The Balaban J connectivity index is 2.55. The third-order valence-corrected chi connectivity index (χ3v) is 3.15. The fraction of sp³-hybridized carbons (Fsp3) is 0.182. The van der Waals surface area contributed by atoms with E-state index in [0.29, 0.717) is 6.42 Å². The first-order valence-corrected chi connectivity index (χ1v) is 5.04. The minimum absolute atomic E-state index is 0.540. The predicted molar refractivity (Wildman–Crippen MR) is 56.3 cm³/mol. The third-order valence-electron chi connectivity index (χ3n) is 2.01. The minimum atomic E-state index is 0.540. The highest BCUT2D eigenvalue weighted by atomic mass is 32.1. The van der Waals surface area contributed by atoms with Crippen LogP contribution in [0.3, 0.4) is 0 Å². The highest BCUT2D eigenvalue weighted by molar-refractivity contribution is 7.19. The van der Waals surface area contributed by atoms with Gasteiger partial charge >= 0.3 is 0 Å². The van der Waals surface area contributed by atoms with Gasteiger partial charge in [0.25, 0.3) is 0 Å². The lowest BCUT2D eigenvalue weighted by Crippen LogP contribution is -1.76. The van der Waals surface area contributed by atoms with Gasteiger partial charge in [-0.15, -0.1) is 11.3 Å². The Morgan fingerprint density at radius 2 is 2.23 bits per heavy atom. The molecular formula is C11H10OS. The molecule has 1 aromatic carbocycles. The van der Waals surface area contributed by atoms with Crippen molar-refractivity contribution in [3.63, 3.8) is 0 Å². The van der Waals surface area contributed by atoms with E-state index in [1.54, 1.807) is 11.3 Å². The van der Waals surface area contributed by atoms with Gasteiger partial charge in [0.15, 0.2) is 0 Å². The summed E-state index contributed by atoms with van der Waals surface area (Å²) in [4.78, 5) is 11.5. The van der Waals surface area contributed by atoms with Gasteiger partial charge in [0.1, 0.15) is 6.29 Å². The number of carbonyl (C=O) groups is 1. The molecule has 0 saturated heterocycles. The number of hydrogen-bond acceptors (Lipinski definition) is 2. The Labute approximate surface area is 81.0 Å². The Morgan fingerprint density at radius 1 is 1.38 bits per heavy atom. The summed E-state index contributed by atoms with van der Waals surface area (Å²) in [6.45, 7) is 2.08. The maximum Gasteiger partial charge on any atom is 0.125 e. The van der Waals surface area contributed by atoms with Crippen LogP contribution in [0, 0.1) is 6.92 Å². The number of rotatable bonds is 2. The second kappa shape index (κ2) is 3.30. The Bertz CT molecular complexity index is 442. The van der Waals surface area contributed by atoms with E-state index in [1.165, 1.54) is 15.6 Å². The average Bonchev–Trinajstić information content (AvgIpc) is 2.46. The van der Waals surface area contributed by atoms with Crippen LogP contribution in [0.15, 0.2) is 24.3 Å². The van der Waals surface area contributed by atoms with Crippen LogP contribution in [0.1, 0.15) is 10.4 Å². The number of thiophene rings is 1. The summed E-state index contributed by atoms with van der Waals surface area (Å²) < 4.78 is 1.27. The number of aryl methyl sites for hydroxylation is 1. The number of fused-ring (bicyclic) bond motifs is 1. The third kappa shape index (κ3) is 1.63. The second-order valence-electron chi connectivity index (χ2n) is 3.12. The molecule has 0 bridgehead atoms. The minimum Gasteiger partial charge on any atom is -0.303 e. The molecule has 0 unspecified atom stereocenters. The summed E-state index contributed by atoms with van der Waals surface area (Å²) in [5.41, 5.74) is 1.27. The summed E-state index contributed by atoms with van der Waals surface area (Å²) in [6.07, 6.45) is 1.50. The molecule has 0 aliphatic heterocycles. The van der Waals surface area contributed by atoms with Crippen LogP contribution >= 0.6 is 11.3 Å². The van der Waals surface area contributed by atoms with E-state index >= 15 is 0 Å². The van der Waals surface area contributed by atoms with Gasteiger partial charge in [0.05, 0.1) is 0 Å². The van der Waals surface area contributed by atoms with Crippen LogP contribution in [-0.2, 0) is 11.2 Å². The molecule has 2 heteroatoms. The molecule has 0 saturated carbocycles. The number of benzene rings is 1. The van der Waals surface area contributed by atoms with Gasteiger partial charge in [-0.05, 0) is 24.4 Å². The molecular weight excluding hydrogens is 180 g/mol. The molecule has 0 atom stereocenters. The van der Waals surface area contributed by atoms with E-state index in [4.69, 9.17) is 0 Å². The summed E-state index contributed by atoms with van der Waals surface area (Å²) in [6, 6.07) is 8.47. The van der Waals surface area contributed by atoms with Gasteiger partial charge in [-0.25, -0.2) is 0 Å². The van der Waals surface area contributed by atoms with E-state index in [-0.39, 0.29) is 0 Å².